The molecule has 0 radical (unpaired) electrons. The van der Waals surface area contributed by atoms with Crippen LogP contribution in [0, 0.1) is 11.7 Å². The quantitative estimate of drug-likeness (QED) is 0.867. The summed E-state index contributed by atoms with van der Waals surface area (Å²) in [6.45, 7) is 8.06. The number of nitrogens with one attached hydrogen (secondary N) is 1. The third-order valence-electron chi connectivity index (χ3n) is 2.21. The summed E-state index contributed by atoms with van der Waals surface area (Å²) >= 11 is 3.28. The molecule has 0 aliphatic rings. The highest BCUT2D eigenvalue weighted by atomic mass is 79.9. The van der Waals surface area contributed by atoms with E-state index in [1.54, 1.807) is 6.07 Å². The van der Waals surface area contributed by atoms with E-state index in [-0.39, 0.29) is 11.9 Å². The van der Waals surface area contributed by atoms with Crippen molar-refractivity contribution < 1.29 is 9.13 Å². The summed E-state index contributed by atoms with van der Waals surface area (Å²) in [5.74, 6) is 1.03. The highest BCUT2D eigenvalue weighted by Crippen LogP contribution is 2.26. The first-order valence-electron chi connectivity index (χ1n) is 5.81. The van der Waals surface area contributed by atoms with Crippen molar-refractivity contribution >= 4 is 15.9 Å². The van der Waals surface area contributed by atoms with Crippen LogP contribution in [0.1, 0.15) is 20.8 Å². The Kier molecular flexibility index (Phi) is 5.92. The van der Waals surface area contributed by atoms with Gasteiger partial charge >= 0.3 is 0 Å². The molecule has 0 saturated heterocycles. The lowest BCUT2D eigenvalue weighted by Crippen LogP contribution is -2.31. The Morgan fingerprint density at radius 3 is 2.59 bits per heavy atom. The average molecular weight is 304 g/mol. The standard InChI is InChI=1S/C13H19BrFNO/c1-9(2)7-16-8-10(3)17-13-5-4-11(15)6-12(13)14/h4-6,9-10,16H,7-8H2,1-3H3. The number of ether oxygens (including phenoxy) is 1. The molecular weight excluding hydrogens is 285 g/mol. The van der Waals surface area contributed by atoms with Gasteiger partial charge < -0.3 is 10.1 Å². The van der Waals surface area contributed by atoms with E-state index >= 15 is 0 Å². The summed E-state index contributed by atoms with van der Waals surface area (Å²) in [5, 5.41) is 3.32. The maximum Gasteiger partial charge on any atom is 0.134 e. The van der Waals surface area contributed by atoms with Gasteiger partial charge in [-0.1, -0.05) is 13.8 Å². The molecule has 1 aromatic carbocycles. The molecule has 1 unspecified atom stereocenters. The van der Waals surface area contributed by atoms with Crippen LogP contribution in [0.25, 0.3) is 0 Å². The largest absolute Gasteiger partial charge is 0.488 e. The molecule has 17 heavy (non-hydrogen) atoms. The molecule has 1 N–H and O–H groups in total. The van der Waals surface area contributed by atoms with Crippen molar-refractivity contribution in [3.63, 3.8) is 0 Å². The third-order valence-corrected chi connectivity index (χ3v) is 2.83. The van der Waals surface area contributed by atoms with Crippen molar-refractivity contribution in [2.45, 2.75) is 26.9 Å². The molecule has 1 rings (SSSR count). The van der Waals surface area contributed by atoms with Gasteiger partial charge in [0.1, 0.15) is 17.7 Å². The van der Waals surface area contributed by atoms with Crippen molar-refractivity contribution in [1.29, 1.82) is 0 Å². The van der Waals surface area contributed by atoms with Gasteiger partial charge in [-0.15, -0.1) is 0 Å². The molecule has 0 bridgehead atoms. The van der Waals surface area contributed by atoms with Crippen LogP contribution >= 0.6 is 15.9 Å². The first-order chi connectivity index (χ1) is 7.99. The Balaban J connectivity index is 2.42. The molecule has 96 valence electrons. The van der Waals surface area contributed by atoms with Gasteiger partial charge in [-0.2, -0.15) is 0 Å². The summed E-state index contributed by atoms with van der Waals surface area (Å²) in [7, 11) is 0. The minimum atomic E-state index is -0.269. The minimum Gasteiger partial charge on any atom is -0.488 e. The normalized spacial score (nSPS) is 12.8. The van der Waals surface area contributed by atoms with E-state index < -0.39 is 0 Å². The van der Waals surface area contributed by atoms with Crippen LogP contribution in [0.4, 0.5) is 4.39 Å². The van der Waals surface area contributed by atoms with Crippen LogP contribution < -0.4 is 10.1 Å². The van der Waals surface area contributed by atoms with Gasteiger partial charge in [0.05, 0.1) is 4.47 Å². The second-order valence-corrected chi connectivity index (χ2v) is 5.41. The van der Waals surface area contributed by atoms with E-state index in [4.69, 9.17) is 4.74 Å². The molecule has 2 nitrogen and oxygen atoms in total. The molecule has 1 aromatic rings. The maximum atomic E-state index is 12.9. The fourth-order valence-corrected chi connectivity index (χ4v) is 1.85. The molecule has 0 aliphatic heterocycles. The van der Waals surface area contributed by atoms with E-state index in [9.17, 15) is 4.39 Å². The molecule has 0 fully saturated rings. The summed E-state index contributed by atoms with van der Waals surface area (Å²) < 4.78 is 19.2. The van der Waals surface area contributed by atoms with E-state index in [0.29, 0.717) is 16.1 Å². The van der Waals surface area contributed by atoms with Crippen molar-refractivity contribution in [3.05, 3.63) is 28.5 Å². The van der Waals surface area contributed by atoms with E-state index in [1.165, 1.54) is 12.1 Å². The lowest BCUT2D eigenvalue weighted by Gasteiger charge is -2.17. The second kappa shape index (κ2) is 6.97. The van der Waals surface area contributed by atoms with Crippen LogP contribution in [-0.2, 0) is 0 Å². The fourth-order valence-electron chi connectivity index (χ4n) is 1.40. The molecule has 0 heterocycles. The summed E-state index contributed by atoms with van der Waals surface area (Å²) in [6, 6.07) is 4.44. The molecule has 0 saturated carbocycles. The van der Waals surface area contributed by atoms with E-state index in [1.807, 2.05) is 6.92 Å². The minimum absolute atomic E-state index is 0.0514. The predicted octanol–water partition coefficient (Wildman–Crippen LogP) is 3.60. The monoisotopic (exact) mass is 303 g/mol. The Morgan fingerprint density at radius 2 is 2.00 bits per heavy atom. The molecule has 0 spiro atoms. The number of hydrogen-bond donors (Lipinski definition) is 1. The highest BCUT2D eigenvalue weighted by Gasteiger charge is 2.08. The molecule has 0 amide bonds. The van der Waals surface area contributed by atoms with Crippen molar-refractivity contribution in [1.82, 2.24) is 5.32 Å². The fraction of sp³-hybridized carbons (Fsp3) is 0.538. The van der Waals surface area contributed by atoms with Gasteiger partial charge in [0.2, 0.25) is 0 Å². The topological polar surface area (TPSA) is 21.3 Å². The molecule has 0 aliphatic carbocycles. The van der Waals surface area contributed by atoms with Gasteiger partial charge in [-0.05, 0) is 53.5 Å². The first kappa shape index (κ1) is 14.5. The van der Waals surface area contributed by atoms with Gasteiger partial charge in [0, 0.05) is 6.54 Å². The molecular formula is C13H19BrFNO. The highest BCUT2D eigenvalue weighted by molar-refractivity contribution is 9.10. The van der Waals surface area contributed by atoms with Gasteiger partial charge in [-0.3, -0.25) is 0 Å². The van der Waals surface area contributed by atoms with Crippen molar-refractivity contribution in [3.8, 4) is 5.75 Å². The van der Waals surface area contributed by atoms with E-state index in [2.05, 4.69) is 35.1 Å². The Labute approximate surface area is 111 Å². The number of hydrogen-bond acceptors (Lipinski definition) is 2. The van der Waals surface area contributed by atoms with Crippen LogP contribution in [-0.4, -0.2) is 19.2 Å². The summed E-state index contributed by atoms with van der Waals surface area (Å²) in [6.07, 6.45) is 0.0514. The van der Waals surface area contributed by atoms with Crippen LogP contribution in [0.3, 0.4) is 0 Å². The van der Waals surface area contributed by atoms with Gasteiger partial charge in [0.15, 0.2) is 0 Å². The average Bonchev–Trinajstić information content (AvgIpc) is 2.21. The smallest absolute Gasteiger partial charge is 0.134 e. The predicted molar refractivity (Wildman–Crippen MR) is 71.9 cm³/mol. The molecule has 4 heteroatoms. The zero-order valence-electron chi connectivity index (χ0n) is 10.5. The molecule has 1 atom stereocenters. The Bertz CT molecular complexity index is 357. The van der Waals surface area contributed by atoms with Gasteiger partial charge in [0.25, 0.3) is 0 Å². The maximum absolute atomic E-state index is 12.9. The van der Waals surface area contributed by atoms with Crippen molar-refractivity contribution in [2.75, 3.05) is 13.1 Å². The lowest BCUT2D eigenvalue weighted by atomic mass is 10.2. The number of benzene rings is 1. The number of halogens is 2. The lowest BCUT2D eigenvalue weighted by molar-refractivity contribution is 0.214. The van der Waals surface area contributed by atoms with Gasteiger partial charge in [-0.25, -0.2) is 4.39 Å². The van der Waals surface area contributed by atoms with E-state index in [0.717, 1.165) is 13.1 Å². The molecule has 0 aromatic heterocycles. The zero-order valence-corrected chi connectivity index (χ0v) is 12.1. The number of rotatable bonds is 6. The summed E-state index contributed by atoms with van der Waals surface area (Å²) in [5.41, 5.74) is 0. The SMILES string of the molecule is CC(C)CNCC(C)Oc1ccc(F)cc1Br. The van der Waals surface area contributed by atoms with Crippen molar-refractivity contribution in [2.24, 2.45) is 5.92 Å². The van der Waals surface area contributed by atoms with Crippen LogP contribution in [0.5, 0.6) is 5.75 Å². The Morgan fingerprint density at radius 1 is 1.29 bits per heavy atom. The Hall–Kier alpha value is -0.610. The second-order valence-electron chi connectivity index (χ2n) is 4.56. The summed E-state index contributed by atoms with van der Waals surface area (Å²) in [4.78, 5) is 0. The van der Waals surface area contributed by atoms with Crippen LogP contribution in [0.2, 0.25) is 0 Å². The zero-order chi connectivity index (χ0) is 12.8. The first-order valence-corrected chi connectivity index (χ1v) is 6.60. The van der Waals surface area contributed by atoms with Crippen LogP contribution in [0.15, 0.2) is 22.7 Å². The third kappa shape index (κ3) is 5.50.